The molecule has 1 aromatic rings. The number of anilines is 1. The van der Waals surface area contributed by atoms with Crippen molar-refractivity contribution in [2.45, 2.75) is 45.2 Å². The van der Waals surface area contributed by atoms with Gasteiger partial charge in [-0.15, -0.1) is 0 Å². The Bertz CT molecular complexity index is 561. The molecule has 1 saturated heterocycles. The van der Waals surface area contributed by atoms with Gasteiger partial charge < -0.3 is 5.32 Å². The third-order valence-electron chi connectivity index (χ3n) is 3.87. The Balaban J connectivity index is 1.77. The van der Waals surface area contributed by atoms with Crippen molar-refractivity contribution < 1.29 is 8.42 Å². The van der Waals surface area contributed by atoms with Gasteiger partial charge in [-0.2, -0.15) is 12.7 Å². The van der Waals surface area contributed by atoms with E-state index < -0.39 is 10.2 Å². The van der Waals surface area contributed by atoms with Crippen molar-refractivity contribution in [1.29, 1.82) is 0 Å². The second-order valence-corrected chi connectivity index (χ2v) is 8.09. The topological polar surface area (TPSA) is 74.3 Å². The number of hydrogen-bond acceptors (Lipinski definition) is 5. The molecule has 2 aliphatic heterocycles. The first-order chi connectivity index (χ1) is 9.56. The van der Waals surface area contributed by atoms with E-state index in [1.54, 1.807) is 4.31 Å². The summed E-state index contributed by atoms with van der Waals surface area (Å²) in [5.41, 5.74) is 1.03. The maximum absolute atomic E-state index is 12.4. The van der Waals surface area contributed by atoms with Crippen molar-refractivity contribution in [3.8, 4) is 0 Å². The summed E-state index contributed by atoms with van der Waals surface area (Å²) in [5, 5.41) is 3.77. The predicted octanol–water partition coefficient (Wildman–Crippen LogP) is 1.32. The molecule has 0 saturated carbocycles. The fraction of sp³-hybridized carbons (Fsp3) is 0.750. The lowest BCUT2D eigenvalue weighted by molar-refractivity contribution is 0.270. The van der Waals surface area contributed by atoms with E-state index in [2.05, 4.69) is 15.0 Å². The summed E-state index contributed by atoms with van der Waals surface area (Å²) < 4.78 is 29.1. The maximum Gasteiger partial charge on any atom is 0.303 e. The maximum atomic E-state index is 12.4. The molecule has 0 aromatic carbocycles. The zero-order chi connectivity index (χ0) is 14.2. The highest BCUT2D eigenvalue weighted by Crippen LogP contribution is 2.28. The Morgan fingerprint density at radius 2 is 2.30 bits per heavy atom. The summed E-state index contributed by atoms with van der Waals surface area (Å²) in [6, 6.07) is 0.0671. The van der Waals surface area contributed by atoms with Crippen molar-refractivity contribution in [3.63, 3.8) is 0 Å². The van der Waals surface area contributed by atoms with E-state index >= 15 is 0 Å². The molecule has 20 heavy (non-hydrogen) atoms. The van der Waals surface area contributed by atoms with Crippen LogP contribution >= 0.6 is 11.3 Å². The van der Waals surface area contributed by atoms with Crippen LogP contribution in [-0.2, 0) is 23.2 Å². The summed E-state index contributed by atoms with van der Waals surface area (Å²) >= 11 is 1.44. The van der Waals surface area contributed by atoms with Crippen molar-refractivity contribution in [1.82, 2.24) is 14.6 Å². The quantitative estimate of drug-likeness (QED) is 0.882. The summed E-state index contributed by atoms with van der Waals surface area (Å²) in [5.74, 6) is 0. The van der Waals surface area contributed by atoms with Crippen molar-refractivity contribution in [2.24, 2.45) is 0 Å². The van der Waals surface area contributed by atoms with Gasteiger partial charge in [0.05, 0.1) is 5.69 Å². The van der Waals surface area contributed by atoms with E-state index in [-0.39, 0.29) is 6.04 Å². The molecule has 3 heterocycles. The van der Waals surface area contributed by atoms with Gasteiger partial charge in [0.15, 0.2) is 5.13 Å². The second kappa shape index (κ2) is 5.59. The third kappa shape index (κ3) is 2.83. The van der Waals surface area contributed by atoms with Crippen LogP contribution in [0, 0.1) is 0 Å². The number of hydrogen-bond donors (Lipinski definition) is 2. The Morgan fingerprint density at radius 1 is 1.45 bits per heavy atom. The lowest BCUT2D eigenvalue weighted by Crippen LogP contribution is -2.44. The van der Waals surface area contributed by atoms with E-state index in [1.807, 2.05) is 6.92 Å². The van der Waals surface area contributed by atoms with Gasteiger partial charge in [-0.05, 0) is 19.8 Å². The van der Waals surface area contributed by atoms with Crippen LogP contribution in [0.5, 0.6) is 0 Å². The summed E-state index contributed by atoms with van der Waals surface area (Å²) in [7, 11) is -3.47. The fourth-order valence-electron chi connectivity index (χ4n) is 2.77. The van der Waals surface area contributed by atoms with Gasteiger partial charge in [-0.3, -0.25) is 0 Å². The number of aromatic nitrogens is 1. The fourth-order valence-corrected chi connectivity index (χ4v) is 5.41. The first-order valence-electron chi connectivity index (χ1n) is 7.05. The number of thiazole rings is 1. The van der Waals surface area contributed by atoms with Crippen LogP contribution in [0.2, 0.25) is 0 Å². The highest BCUT2D eigenvalue weighted by atomic mass is 32.2. The molecule has 2 N–H and O–H groups in total. The molecule has 0 radical (unpaired) electrons. The molecular weight excluding hydrogens is 296 g/mol. The van der Waals surface area contributed by atoms with Gasteiger partial charge >= 0.3 is 10.2 Å². The Kier molecular flexibility index (Phi) is 3.98. The minimum absolute atomic E-state index is 0.0671. The largest absolute Gasteiger partial charge is 0.311 e. The smallest absolute Gasteiger partial charge is 0.303 e. The molecule has 0 aliphatic carbocycles. The molecule has 0 bridgehead atoms. The van der Waals surface area contributed by atoms with Crippen LogP contribution in [-0.4, -0.2) is 36.8 Å². The SMILES string of the molecule is CC1CCCCN1S(=O)(=O)Nc1nc2c(s1)CNCC2. The van der Waals surface area contributed by atoms with Crippen LogP contribution < -0.4 is 10.0 Å². The molecular formula is C12H20N4O2S2. The van der Waals surface area contributed by atoms with E-state index in [9.17, 15) is 8.42 Å². The van der Waals surface area contributed by atoms with E-state index in [1.165, 1.54) is 11.3 Å². The van der Waals surface area contributed by atoms with E-state index in [0.717, 1.165) is 49.3 Å². The molecule has 2 aliphatic rings. The molecule has 8 heteroatoms. The molecule has 1 unspecified atom stereocenters. The molecule has 3 rings (SSSR count). The van der Waals surface area contributed by atoms with Crippen LogP contribution in [0.3, 0.4) is 0 Å². The van der Waals surface area contributed by atoms with E-state index in [4.69, 9.17) is 0 Å². The number of nitrogens with one attached hydrogen (secondary N) is 2. The summed E-state index contributed by atoms with van der Waals surface area (Å²) in [6.07, 6.45) is 3.83. The highest BCUT2D eigenvalue weighted by molar-refractivity contribution is 7.90. The Morgan fingerprint density at radius 3 is 3.05 bits per heavy atom. The van der Waals surface area contributed by atoms with Gasteiger partial charge in [0.2, 0.25) is 0 Å². The van der Waals surface area contributed by atoms with Crippen molar-refractivity contribution in [3.05, 3.63) is 10.6 Å². The van der Waals surface area contributed by atoms with E-state index in [0.29, 0.717) is 11.7 Å². The highest BCUT2D eigenvalue weighted by Gasteiger charge is 2.30. The minimum Gasteiger partial charge on any atom is -0.311 e. The molecule has 112 valence electrons. The molecule has 1 atom stereocenters. The van der Waals surface area contributed by atoms with Gasteiger partial charge in [0.1, 0.15) is 0 Å². The average Bonchev–Trinajstić information content (AvgIpc) is 2.80. The van der Waals surface area contributed by atoms with Crippen LogP contribution in [0.1, 0.15) is 36.8 Å². The van der Waals surface area contributed by atoms with Gasteiger partial charge in [-0.1, -0.05) is 17.8 Å². The zero-order valence-corrected chi connectivity index (χ0v) is 13.2. The Hall–Kier alpha value is -0.700. The summed E-state index contributed by atoms with van der Waals surface area (Å²) in [4.78, 5) is 5.56. The normalized spacial score (nSPS) is 24.4. The second-order valence-electron chi connectivity index (χ2n) is 5.38. The monoisotopic (exact) mass is 316 g/mol. The standard InChI is InChI=1S/C12H20N4O2S2/c1-9-4-2-3-7-16(9)20(17,18)15-12-14-10-5-6-13-8-11(10)19-12/h9,13H,2-8H2,1H3,(H,14,15). The first kappa shape index (κ1) is 14.2. The van der Waals surface area contributed by atoms with Gasteiger partial charge in [0, 0.05) is 37.0 Å². The summed E-state index contributed by atoms with van der Waals surface area (Å²) in [6.45, 7) is 4.26. The molecule has 1 fully saturated rings. The molecule has 0 amide bonds. The van der Waals surface area contributed by atoms with Gasteiger partial charge in [-0.25, -0.2) is 9.71 Å². The Labute approximate surface area is 123 Å². The number of nitrogens with zero attached hydrogens (tertiary/aromatic N) is 2. The molecule has 1 aromatic heterocycles. The lowest BCUT2D eigenvalue weighted by atomic mass is 10.1. The van der Waals surface area contributed by atoms with Crippen molar-refractivity contribution >= 4 is 26.7 Å². The first-order valence-corrected chi connectivity index (χ1v) is 9.31. The van der Waals surface area contributed by atoms with Crippen molar-refractivity contribution in [2.75, 3.05) is 17.8 Å². The number of rotatable bonds is 3. The minimum atomic E-state index is -3.47. The number of fused-ring (bicyclic) bond motifs is 1. The van der Waals surface area contributed by atoms with Crippen LogP contribution in [0.15, 0.2) is 0 Å². The number of piperidine rings is 1. The average molecular weight is 316 g/mol. The predicted molar refractivity (Wildman–Crippen MR) is 80.1 cm³/mol. The lowest BCUT2D eigenvalue weighted by Gasteiger charge is -2.31. The zero-order valence-electron chi connectivity index (χ0n) is 11.6. The van der Waals surface area contributed by atoms with Crippen LogP contribution in [0.25, 0.3) is 0 Å². The van der Waals surface area contributed by atoms with Crippen LogP contribution in [0.4, 0.5) is 5.13 Å². The van der Waals surface area contributed by atoms with Gasteiger partial charge in [0.25, 0.3) is 0 Å². The molecule has 6 nitrogen and oxygen atoms in total. The molecule has 0 spiro atoms. The third-order valence-corrected chi connectivity index (χ3v) is 6.62.